The normalized spacial score (nSPS) is 13.0. The van der Waals surface area contributed by atoms with E-state index in [9.17, 15) is 4.79 Å². The maximum atomic E-state index is 10.6. The highest BCUT2D eigenvalue weighted by atomic mass is 32.1. The average Bonchev–Trinajstić information content (AvgIpc) is 1.97. The van der Waals surface area contributed by atoms with Crippen molar-refractivity contribution >= 4 is 18.4 Å². The molecule has 0 saturated heterocycles. The van der Waals surface area contributed by atoms with Gasteiger partial charge in [0.2, 0.25) is 0 Å². The minimum Gasteiger partial charge on any atom is -0.317 e. The Balaban J connectivity index is 3.43. The number of carbonyl (C=O) groups excluding carboxylic acids is 1. The van der Waals surface area contributed by atoms with Crippen LogP contribution in [0.2, 0.25) is 0 Å². The number of rotatable bonds is 6. The lowest BCUT2D eigenvalue weighted by Gasteiger charge is -2.13. The predicted molar refractivity (Wildman–Crippen MR) is 51.2 cm³/mol. The van der Waals surface area contributed by atoms with E-state index in [1.807, 2.05) is 7.05 Å². The Labute approximate surface area is 74.2 Å². The molecule has 2 nitrogen and oxygen atoms in total. The van der Waals surface area contributed by atoms with Crippen LogP contribution in [0.4, 0.5) is 0 Å². The third-order valence-corrected chi connectivity index (χ3v) is 1.99. The highest BCUT2D eigenvalue weighted by molar-refractivity contribution is 7.80. The summed E-state index contributed by atoms with van der Waals surface area (Å²) in [6.45, 7) is 1.63. The Kier molecular flexibility index (Phi) is 6.66. The van der Waals surface area contributed by atoms with E-state index >= 15 is 0 Å². The zero-order valence-corrected chi connectivity index (χ0v) is 8.16. The van der Waals surface area contributed by atoms with Crippen LogP contribution < -0.4 is 5.32 Å². The number of hydrogen-bond acceptors (Lipinski definition) is 3. The summed E-state index contributed by atoms with van der Waals surface area (Å²) in [6.07, 6.45) is 2.65. The second kappa shape index (κ2) is 6.68. The average molecular weight is 175 g/mol. The summed E-state index contributed by atoms with van der Waals surface area (Å²) >= 11 is 4.13. The molecule has 0 radical (unpaired) electrons. The molecule has 0 aliphatic rings. The molecule has 1 atom stereocenters. The van der Waals surface area contributed by atoms with Gasteiger partial charge < -0.3 is 10.1 Å². The van der Waals surface area contributed by atoms with Gasteiger partial charge in [-0.15, -0.1) is 0 Å². The molecule has 0 amide bonds. The van der Waals surface area contributed by atoms with Crippen LogP contribution in [0.5, 0.6) is 0 Å². The van der Waals surface area contributed by atoms with E-state index in [0.717, 1.165) is 18.6 Å². The second-order valence-corrected chi connectivity index (χ2v) is 3.19. The van der Waals surface area contributed by atoms with Gasteiger partial charge in [0.15, 0.2) is 0 Å². The first-order valence-corrected chi connectivity index (χ1v) is 4.61. The summed E-state index contributed by atoms with van der Waals surface area (Å²) in [4.78, 5) is 10.6. The fraction of sp³-hybridized carbons (Fsp3) is 0.875. The van der Waals surface area contributed by atoms with Crippen molar-refractivity contribution < 1.29 is 4.79 Å². The summed E-state index contributed by atoms with van der Waals surface area (Å²) in [5, 5.41) is 3.16. The first-order valence-electron chi connectivity index (χ1n) is 3.98. The van der Waals surface area contributed by atoms with E-state index in [0.29, 0.717) is 12.5 Å². The number of hydrogen-bond donors (Lipinski definition) is 2. The first kappa shape index (κ1) is 11.0. The van der Waals surface area contributed by atoms with Crippen LogP contribution in [0, 0.1) is 0 Å². The first-order chi connectivity index (χ1) is 5.20. The van der Waals surface area contributed by atoms with Gasteiger partial charge >= 0.3 is 0 Å². The number of nitrogens with one attached hydrogen (secondary N) is 1. The van der Waals surface area contributed by atoms with Gasteiger partial charge in [-0.05, 0) is 32.6 Å². The van der Waals surface area contributed by atoms with Gasteiger partial charge in [-0.3, -0.25) is 0 Å². The fourth-order valence-corrected chi connectivity index (χ4v) is 1.28. The fourth-order valence-electron chi connectivity index (χ4n) is 0.966. The van der Waals surface area contributed by atoms with Crippen molar-refractivity contribution in [1.82, 2.24) is 5.32 Å². The van der Waals surface area contributed by atoms with Gasteiger partial charge in [0.1, 0.15) is 5.78 Å². The summed E-state index contributed by atoms with van der Waals surface area (Å²) in [7, 11) is 1.92. The Morgan fingerprint density at radius 1 is 1.55 bits per heavy atom. The van der Waals surface area contributed by atoms with E-state index < -0.39 is 0 Å². The summed E-state index contributed by atoms with van der Waals surface area (Å²) in [5.41, 5.74) is 0. The SMILES string of the molecule is CNC(CCS)CCC(C)=O. The largest absolute Gasteiger partial charge is 0.317 e. The summed E-state index contributed by atoms with van der Waals surface area (Å²) in [6, 6.07) is 0.455. The molecular formula is C8H17NOS. The van der Waals surface area contributed by atoms with Crippen LogP contribution in [0.1, 0.15) is 26.2 Å². The third kappa shape index (κ3) is 6.38. The molecule has 0 aromatic heterocycles. The molecule has 1 unspecified atom stereocenters. The number of ketones is 1. The van der Waals surface area contributed by atoms with Crippen LogP contribution in [-0.2, 0) is 4.79 Å². The van der Waals surface area contributed by atoms with Crippen molar-refractivity contribution in [2.45, 2.75) is 32.2 Å². The topological polar surface area (TPSA) is 29.1 Å². The Bertz CT molecular complexity index is 117. The molecule has 0 rings (SSSR count). The van der Waals surface area contributed by atoms with E-state index in [-0.39, 0.29) is 5.78 Å². The molecule has 0 bridgehead atoms. The van der Waals surface area contributed by atoms with Gasteiger partial charge in [-0.25, -0.2) is 0 Å². The summed E-state index contributed by atoms with van der Waals surface area (Å²) < 4.78 is 0. The van der Waals surface area contributed by atoms with Crippen LogP contribution in [-0.4, -0.2) is 24.6 Å². The van der Waals surface area contributed by atoms with Crippen molar-refractivity contribution in [3.05, 3.63) is 0 Å². The highest BCUT2D eigenvalue weighted by Gasteiger charge is 2.05. The van der Waals surface area contributed by atoms with E-state index in [2.05, 4.69) is 17.9 Å². The van der Waals surface area contributed by atoms with Crippen molar-refractivity contribution in [1.29, 1.82) is 0 Å². The third-order valence-electron chi connectivity index (χ3n) is 1.73. The quantitative estimate of drug-likeness (QED) is 0.595. The zero-order chi connectivity index (χ0) is 8.69. The van der Waals surface area contributed by atoms with Gasteiger partial charge in [-0.1, -0.05) is 0 Å². The van der Waals surface area contributed by atoms with E-state index in [1.54, 1.807) is 6.92 Å². The molecule has 11 heavy (non-hydrogen) atoms. The maximum Gasteiger partial charge on any atom is 0.129 e. The standard InChI is InChI=1S/C8H17NOS/c1-7(10)3-4-8(9-2)5-6-11/h8-9,11H,3-6H2,1-2H3. The molecule has 0 spiro atoms. The molecule has 0 aromatic carbocycles. The van der Waals surface area contributed by atoms with Crippen LogP contribution in [0.3, 0.4) is 0 Å². The molecule has 0 fully saturated rings. The maximum absolute atomic E-state index is 10.6. The molecule has 0 saturated carbocycles. The Morgan fingerprint density at radius 3 is 2.55 bits per heavy atom. The Hall–Kier alpha value is -0.0200. The smallest absolute Gasteiger partial charge is 0.129 e. The van der Waals surface area contributed by atoms with Crippen LogP contribution in [0.15, 0.2) is 0 Å². The highest BCUT2D eigenvalue weighted by Crippen LogP contribution is 2.02. The van der Waals surface area contributed by atoms with Gasteiger partial charge in [-0.2, -0.15) is 12.6 Å². The zero-order valence-electron chi connectivity index (χ0n) is 7.26. The lowest BCUT2D eigenvalue weighted by Crippen LogP contribution is -2.26. The number of Topliss-reactive ketones (excluding diaryl/α,β-unsaturated/α-hetero) is 1. The molecule has 0 aliphatic carbocycles. The minimum absolute atomic E-state index is 0.268. The van der Waals surface area contributed by atoms with Gasteiger partial charge in [0.05, 0.1) is 0 Å². The molecule has 1 N–H and O–H groups in total. The van der Waals surface area contributed by atoms with Crippen molar-refractivity contribution in [2.24, 2.45) is 0 Å². The van der Waals surface area contributed by atoms with Crippen LogP contribution in [0.25, 0.3) is 0 Å². The van der Waals surface area contributed by atoms with Gasteiger partial charge in [0, 0.05) is 12.5 Å². The summed E-state index contributed by atoms with van der Waals surface area (Å²) in [5.74, 6) is 1.15. The lowest BCUT2D eigenvalue weighted by atomic mass is 10.1. The van der Waals surface area contributed by atoms with Crippen molar-refractivity contribution in [3.8, 4) is 0 Å². The molecule has 0 aromatic rings. The van der Waals surface area contributed by atoms with Crippen molar-refractivity contribution in [2.75, 3.05) is 12.8 Å². The minimum atomic E-state index is 0.268. The number of carbonyl (C=O) groups is 1. The number of thiol groups is 1. The molecule has 3 heteroatoms. The van der Waals surface area contributed by atoms with E-state index in [1.165, 1.54) is 0 Å². The molecule has 0 heterocycles. The lowest BCUT2D eigenvalue weighted by molar-refractivity contribution is -0.117. The molecule has 66 valence electrons. The molecular weight excluding hydrogens is 158 g/mol. The predicted octanol–water partition coefficient (Wildman–Crippen LogP) is 1.26. The second-order valence-electron chi connectivity index (χ2n) is 2.74. The Morgan fingerprint density at radius 2 is 2.18 bits per heavy atom. The monoisotopic (exact) mass is 175 g/mol. The van der Waals surface area contributed by atoms with E-state index in [4.69, 9.17) is 0 Å². The molecule has 0 aliphatic heterocycles. The van der Waals surface area contributed by atoms with Gasteiger partial charge in [0.25, 0.3) is 0 Å². The van der Waals surface area contributed by atoms with Crippen LogP contribution >= 0.6 is 12.6 Å². The van der Waals surface area contributed by atoms with Crippen molar-refractivity contribution in [3.63, 3.8) is 0 Å².